The van der Waals surface area contributed by atoms with Crippen molar-refractivity contribution in [3.8, 4) is 0 Å². The maximum atomic E-state index is 6.41. The van der Waals surface area contributed by atoms with Gasteiger partial charge in [-0.1, -0.05) is 45.9 Å². The lowest BCUT2D eigenvalue weighted by molar-refractivity contribution is 0.0660. The van der Waals surface area contributed by atoms with Gasteiger partial charge < -0.3 is 9.32 Å². The Hall–Kier alpha value is -1.74. The molecule has 5 rings (SSSR count). The topological polar surface area (TPSA) is 16.4 Å². The second-order valence-electron chi connectivity index (χ2n) is 9.30. The van der Waals surface area contributed by atoms with Crippen LogP contribution in [0.1, 0.15) is 70.0 Å². The highest BCUT2D eigenvalue weighted by Gasteiger charge is 2.65. The molecule has 0 radical (unpaired) electrons. The van der Waals surface area contributed by atoms with Crippen molar-refractivity contribution >= 4 is 27.3 Å². The number of fused-ring (bicyclic) bond motifs is 7. The Labute approximate surface area is 159 Å². The summed E-state index contributed by atoms with van der Waals surface area (Å²) in [4.78, 5) is 3.74. The van der Waals surface area contributed by atoms with Crippen LogP contribution in [0.4, 0.5) is 5.69 Å². The van der Waals surface area contributed by atoms with Crippen molar-refractivity contribution < 1.29 is 4.42 Å². The minimum absolute atomic E-state index is 0.0268. The average molecular weight is 366 g/mol. The average Bonchev–Trinajstić information content (AvgIpc) is 3.19. The fraction of sp³-hybridized carbons (Fsp3) is 0.478. The molecule has 4 heterocycles. The molecule has 26 heavy (non-hydrogen) atoms. The number of hydrogen-bond donors (Lipinski definition) is 0. The molecular formula is C23H27NOS. The lowest BCUT2D eigenvalue weighted by Crippen LogP contribution is -2.62. The van der Waals surface area contributed by atoms with E-state index in [9.17, 15) is 0 Å². The lowest BCUT2D eigenvalue weighted by Gasteiger charge is -2.62. The van der Waals surface area contributed by atoms with Crippen LogP contribution in [0.25, 0.3) is 10.3 Å². The third-order valence-electron chi connectivity index (χ3n) is 8.01. The number of aryl methyl sites for hydroxylation is 1. The fourth-order valence-electron chi connectivity index (χ4n) is 5.72. The number of hydrogen-bond acceptors (Lipinski definition) is 3. The molecule has 3 aromatic rings. The first-order valence-corrected chi connectivity index (χ1v) is 10.4. The van der Waals surface area contributed by atoms with Gasteiger partial charge in [-0.25, -0.2) is 0 Å². The number of rotatable bonds is 0. The Kier molecular flexibility index (Phi) is 2.88. The number of thiophene rings is 1. The van der Waals surface area contributed by atoms with Crippen molar-refractivity contribution in [3.63, 3.8) is 0 Å². The van der Waals surface area contributed by atoms with Gasteiger partial charge in [0.2, 0.25) is 0 Å². The van der Waals surface area contributed by atoms with E-state index >= 15 is 0 Å². The van der Waals surface area contributed by atoms with E-state index in [1.807, 2.05) is 0 Å². The Balaban J connectivity index is 1.95. The third-order valence-corrected chi connectivity index (χ3v) is 8.80. The molecule has 0 amide bonds. The molecule has 0 saturated carbocycles. The molecule has 0 saturated heterocycles. The molecule has 2 aliphatic heterocycles. The third kappa shape index (κ3) is 1.49. The molecule has 1 aromatic carbocycles. The van der Waals surface area contributed by atoms with Crippen LogP contribution in [-0.2, 0) is 11.0 Å². The highest BCUT2D eigenvalue weighted by atomic mass is 32.1. The highest BCUT2D eigenvalue weighted by molar-refractivity contribution is 7.16. The van der Waals surface area contributed by atoms with Gasteiger partial charge in [-0.3, -0.25) is 0 Å². The van der Waals surface area contributed by atoms with Crippen LogP contribution in [0.5, 0.6) is 0 Å². The first-order valence-electron chi connectivity index (χ1n) is 9.54. The predicted octanol–water partition coefficient (Wildman–Crippen LogP) is 6.92. The van der Waals surface area contributed by atoms with Crippen LogP contribution < -0.4 is 4.90 Å². The first kappa shape index (κ1) is 16.4. The van der Waals surface area contributed by atoms with Gasteiger partial charge in [0.05, 0.1) is 11.6 Å². The predicted molar refractivity (Wildman–Crippen MR) is 110 cm³/mol. The van der Waals surface area contributed by atoms with Gasteiger partial charge in [-0.15, -0.1) is 11.3 Å². The van der Waals surface area contributed by atoms with Gasteiger partial charge in [-0.05, 0) is 48.8 Å². The van der Waals surface area contributed by atoms with E-state index in [2.05, 4.69) is 83.0 Å². The standard InChI is InChI=1S/C23H27NOS/c1-13-9-8-10-16-18(13)24-14(2)19-17(15-11-12-26-20(15)25-19)23(24,7)22(5,6)21(16,3)4/h8-12,14H,1-7H3. The number of anilines is 1. The molecule has 0 N–H and O–H groups in total. The van der Waals surface area contributed by atoms with Gasteiger partial charge in [0.25, 0.3) is 0 Å². The molecule has 0 fully saturated rings. The summed E-state index contributed by atoms with van der Waals surface area (Å²) in [5.41, 5.74) is 5.58. The highest BCUT2D eigenvalue weighted by Crippen LogP contribution is 2.68. The van der Waals surface area contributed by atoms with Crippen LogP contribution in [0.15, 0.2) is 34.1 Å². The summed E-state index contributed by atoms with van der Waals surface area (Å²) in [7, 11) is 0. The smallest absolute Gasteiger partial charge is 0.188 e. The van der Waals surface area contributed by atoms with Gasteiger partial charge in [0, 0.05) is 22.1 Å². The van der Waals surface area contributed by atoms with Gasteiger partial charge in [0.15, 0.2) is 4.90 Å². The summed E-state index contributed by atoms with van der Waals surface area (Å²) in [6.45, 7) is 16.7. The number of nitrogens with zero attached hydrogens (tertiary/aromatic N) is 1. The normalized spacial score (nSPS) is 28.1. The molecule has 2 unspecified atom stereocenters. The van der Waals surface area contributed by atoms with Crippen molar-refractivity contribution in [1.82, 2.24) is 0 Å². The Morgan fingerprint density at radius 2 is 1.81 bits per heavy atom. The number of para-hydroxylation sites is 1. The molecule has 3 heteroatoms. The number of furan rings is 1. The zero-order chi connectivity index (χ0) is 18.6. The second-order valence-corrected chi connectivity index (χ2v) is 10.2. The van der Waals surface area contributed by atoms with E-state index < -0.39 is 0 Å². The van der Waals surface area contributed by atoms with Gasteiger partial charge in [0.1, 0.15) is 5.76 Å². The number of benzene rings is 1. The van der Waals surface area contributed by atoms with Crippen LogP contribution in [-0.4, -0.2) is 0 Å². The van der Waals surface area contributed by atoms with E-state index in [0.717, 1.165) is 10.7 Å². The summed E-state index contributed by atoms with van der Waals surface area (Å²) < 4.78 is 6.41. The van der Waals surface area contributed by atoms with Gasteiger partial charge >= 0.3 is 0 Å². The minimum atomic E-state index is -0.114. The summed E-state index contributed by atoms with van der Waals surface area (Å²) in [5.74, 6) is 1.16. The SMILES string of the molecule is Cc1cccc2c1N1C(C)c3oc4sccc4c3C1(C)C(C)(C)C2(C)C. The maximum absolute atomic E-state index is 6.41. The largest absolute Gasteiger partial charge is 0.448 e. The summed E-state index contributed by atoms with van der Waals surface area (Å²) >= 11 is 1.72. The molecule has 2 aromatic heterocycles. The summed E-state index contributed by atoms with van der Waals surface area (Å²) in [6, 6.07) is 9.28. The molecule has 2 aliphatic rings. The lowest BCUT2D eigenvalue weighted by atomic mass is 9.51. The monoisotopic (exact) mass is 365 g/mol. The fourth-order valence-corrected chi connectivity index (χ4v) is 6.49. The first-order chi connectivity index (χ1) is 12.1. The van der Waals surface area contributed by atoms with E-state index in [0.29, 0.717) is 0 Å². The van der Waals surface area contributed by atoms with Crippen molar-refractivity contribution in [2.24, 2.45) is 5.41 Å². The van der Waals surface area contributed by atoms with Crippen LogP contribution in [0, 0.1) is 12.3 Å². The molecule has 136 valence electrons. The van der Waals surface area contributed by atoms with Crippen LogP contribution in [0.2, 0.25) is 0 Å². The van der Waals surface area contributed by atoms with E-state index in [-0.39, 0.29) is 22.4 Å². The molecule has 0 aliphatic carbocycles. The van der Waals surface area contributed by atoms with E-state index in [1.165, 1.54) is 27.8 Å². The molecule has 2 nitrogen and oxygen atoms in total. The van der Waals surface area contributed by atoms with Gasteiger partial charge in [-0.2, -0.15) is 0 Å². The van der Waals surface area contributed by atoms with E-state index in [4.69, 9.17) is 4.42 Å². The van der Waals surface area contributed by atoms with Crippen molar-refractivity contribution in [2.75, 3.05) is 4.90 Å². The molecular weight excluding hydrogens is 338 g/mol. The Morgan fingerprint density at radius 3 is 2.54 bits per heavy atom. The van der Waals surface area contributed by atoms with Crippen molar-refractivity contribution in [2.45, 2.75) is 65.5 Å². The van der Waals surface area contributed by atoms with Crippen molar-refractivity contribution in [3.05, 3.63) is 52.1 Å². The van der Waals surface area contributed by atoms with Crippen LogP contribution >= 0.6 is 11.3 Å². The Morgan fingerprint density at radius 1 is 1.08 bits per heavy atom. The zero-order valence-electron chi connectivity index (χ0n) is 16.7. The minimum Gasteiger partial charge on any atom is -0.448 e. The second kappa shape index (κ2) is 4.56. The summed E-state index contributed by atoms with van der Waals surface area (Å²) in [6.07, 6.45) is 0. The quantitative estimate of drug-likeness (QED) is 0.430. The molecule has 2 atom stereocenters. The van der Waals surface area contributed by atoms with Crippen molar-refractivity contribution in [1.29, 1.82) is 0 Å². The Bertz CT molecular complexity index is 1050. The summed E-state index contributed by atoms with van der Waals surface area (Å²) in [5, 5.41) is 3.47. The zero-order valence-corrected chi connectivity index (χ0v) is 17.5. The maximum Gasteiger partial charge on any atom is 0.188 e. The van der Waals surface area contributed by atoms with Crippen LogP contribution in [0.3, 0.4) is 0 Å². The van der Waals surface area contributed by atoms with E-state index in [1.54, 1.807) is 11.3 Å². The molecule has 0 spiro atoms. The molecule has 0 bridgehead atoms.